The second-order valence-corrected chi connectivity index (χ2v) is 5.21. The summed E-state index contributed by atoms with van der Waals surface area (Å²) in [4.78, 5) is 34.7. The molecule has 0 aromatic heterocycles. The summed E-state index contributed by atoms with van der Waals surface area (Å²) in [6.07, 6.45) is -5.49. The van der Waals surface area contributed by atoms with Gasteiger partial charge in [-0.3, -0.25) is 9.59 Å². The van der Waals surface area contributed by atoms with Crippen molar-refractivity contribution in [2.75, 3.05) is 5.32 Å². The molecule has 7 nitrogen and oxygen atoms in total. The molecule has 1 aromatic carbocycles. The Labute approximate surface area is 140 Å². The highest BCUT2D eigenvalue weighted by Crippen LogP contribution is 2.29. The Morgan fingerprint density at radius 3 is 2.40 bits per heavy atom. The van der Waals surface area contributed by atoms with E-state index in [1.54, 1.807) is 0 Å². The fourth-order valence-electron chi connectivity index (χ4n) is 1.89. The molecule has 1 aliphatic rings. The maximum absolute atomic E-state index is 12.5. The lowest BCUT2D eigenvalue weighted by atomic mass is 10.2. The number of amides is 2. The number of hydrogen-bond donors (Lipinski definition) is 2. The second-order valence-electron chi connectivity index (χ2n) is 5.21. The lowest BCUT2D eigenvalue weighted by Gasteiger charge is -2.16. The smallest absolute Gasteiger partial charge is 0.416 e. The number of halogens is 3. The number of nitrogens with one attached hydrogen (secondary N) is 2. The third kappa shape index (κ3) is 5.03. The maximum Gasteiger partial charge on any atom is 0.416 e. The molecular weight excluding hydrogens is 343 g/mol. The summed E-state index contributed by atoms with van der Waals surface area (Å²) in [5, 5.41) is 5.89. The number of hydrazone groups is 1. The molecule has 2 N–H and O–H groups in total. The van der Waals surface area contributed by atoms with Crippen molar-refractivity contribution in [3.05, 3.63) is 29.8 Å². The third-order valence-electron chi connectivity index (χ3n) is 3.27. The molecule has 2 rings (SSSR count). The summed E-state index contributed by atoms with van der Waals surface area (Å²) >= 11 is 0. The van der Waals surface area contributed by atoms with Gasteiger partial charge in [-0.05, 0) is 31.2 Å². The highest BCUT2D eigenvalue weighted by molar-refractivity contribution is 6.37. The quantitative estimate of drug-likeness (QED) is 0.804. The van der Waals surface area contributed by atoms with Crippen LogP contribution in [0.4, 0.5) is 18.9 Å². The van der Waals surface area contributed by atoms with E-state index in [-0.39, 0.29) is 30.1 Å². The largest absolute Gasteiger partial charge is 0.448 e. The molecule has 0 fully saturated rings. The van der Waals surface area contributed by atoms with Gasteiger partial charge >= 0.3 is 12.1 Å². The number of ether oxygens (including phenoxy) is 1. The lowest BCUT2D eigenvalue weighted by Crippen LogP contribution is -2.35. The fraction of sp³-hybridized carbons (Fsp3) is 0.333. The highest BCUT2D eigenvalue weighted by atomic mass is 19.4. The van der Waals surface area contributed by atoms with E-state index in [0.717, 1.165) is 24.3 Å². The molecule has 2 amide bonds. The van der Waals surface area contributed by atoms with Crippen LogP contribution < -0.4 is 10.7 Å². The first kappa shape index (κ1) is 18.4. The summed E-state index contributed by atoms with van der Waals surface area (Å²) < 4.78 is 42.3. The molecule has 0 saturated heterocycles. The van der Waals surface area contributed by atoms with Gasteiger partial charge in [0.1, 0.15) is 5.71 Å². The van der Waals surface area contributed by atoms with Gasteiger partial charge in [0.15, 0.2) is 6.10 Å². The Balaban J connectivity index is 1.92. The summed E-state index contributed by atoms with van der Waals surface area (Å²) in [5.41, 5.74) is 1.39. The van der Waals surface area contributed by atoms with Crippen molar-refractivity contribution < 1.29 is 32.3 Å². The molecule has 134 valence electrons. The average molecular weight is 357 g/mol. The Morgan fingerprint density at radius 2 is 1.88 bits per heavy atom. The van der Waals surface area contributed by atoms with Crippen LogP contribution in [0.3, 0.4) is 0 Å². The van der Waals surface area contributed by atoms with Crippen LogP contribution in [-0.4, -0.2) is 29.6 Å². The predicted octanol–water partition coefficient (Wildman–Crippen LogP) is 1.84. The standard InChI is InChI=1S/C15H14F3N3O4/c1-8(25-14(24)11-6-7-12(22)21-20-11)13(23)19-10-4-2-9(3-5-10)15(16,17)18/h2-5,8H,6-7H2,1H3,(H,19,23)(H,21,22)/t8-/m1/s1. The Bertz CT molecular complexity index is 714. The molecule has 0 saturated carbocycles. The molecule has 0 spiro atoms. The molecule has 0 unspecified atom stereocenters. The number of carbonyl (C=O) groups is 3. The fourth-order valence-corrected chi connectivity index (χ4v) is 1.89. The molecule has 1 heterocycles. The van der Waals surface area contributed by atoms with Gasteiger partial charge in [-0.15, -0.1) is 0 Å². The van der Waals surface area contributed by atoms with Gasteiger partial charge in [-0.1, -0.05) is 0 Å². The SMILES string of the molecule is C[C@@H](OC(=O)C1=NNC(=O)CC1)C(=O)Nc1ccc(C(F)(F)F)cc1. The van der Waals surface area contributed by atoms with Gasteiger partial charge in [0.2, 0.25) is 5.91 Å². The minimum atomic E-state index is -4.47. The van der Waals surface area contributed by atoms with Crippen LogP contribution in [0.2, 0.25) is 0 Å². The first-order valence-electron chi connectivity index (χ1n) is 7.21. The van der Waals surface area contributed by atoms with Gasteiger partial charge in [0.25, 0.3) is 5.91 Å². The zero-order chi connectivity index (χ0) is 18.6. The highest BCUT2D eigenvalue weighted by Gasteiger charge is 2.30. The number of benzene rings is 1. The molecule has 1 aromatic rings. The molecule has 0 radical (unpaired) electrons. The molecule has 1 aliphatic heterocycles. The Hall–Kier alpha value is -2.91. The number of carbonyl (C=O) groups excluding carboxylic acids is 3. The maximum atomic E-state index is 12.5. The van der Waals surface area contributed by atoms with Crippen LogP contribution in [0.1, 0.15) is 25.3 Å². The van der Waals surface area contributed by atoms with Crippen LogP contribution >= 0.6 is 0 Å². The van der Waals surface area contributed by atoms with E-state index in [9.17, 15) is 27.6 Å². The van der Waals surface area contributed by atoms with E-state index in [0.29, 0.717) is 0 Å². The number of rotatable bonds is 4. The molecule has 10 heteroatoms. The van der Waals surface area contributed by atoms with E-state index in [2.05, 4.69) is 15.8 Å². The van der Waals surface area contributed by atoms with E-state index in [1.165, 1.54) is 6.92 Å². The number of hydrogen-bond acceptors (Lipinski definition) is 5. The van der Waals surface area contributed by atoms with Crippen molar-refractivity contribution in [1.82, 2.24) is 5.43 Å². The van der Waals surface area contributed by atoms with Crippen LogP contribution in [0.5, 0.6) is 0 Å². The van der Waals surface area contributed by atoms with Crippen molar-refractivity contribution >= 4 is 29.2 Å². The number of esters is 1. The van der Waals surface area contributed by atoms with Crippen molar-refractivity contribution in [3.63, 3.8) is 0 Å². The van der Waals surface area contributed by atoms with Gasteiger partial charge in [-0.25, -0.2) is 10.2 Å². The van der Waals surface area contributed by atoms with Crippen LogP contribution in [-0.2, 0) is 25.3 Å². The molecule has 0 aliphatic carbocycles. The molecule has 1 atom stereocenters. The zero-order valence-electron chi connectivity index (χ0n) is 13.0. The topological polar surface area (TPSA) is 96.9 Å². The number of anilines is 1. The summed E-state index contributed by atoms with van der Waals surface area (Å²) in [7, 11) is 0. The number of nitrogens with zero attached hydrogens (tertiary/aromatic N) is 1. The molecule has 0 bridgehead atoms. The average Bonchev–Trinajstić information content (AvgIpc) is 2.55. The normalized spacial score (nSPS) is 15.7. The van der Waals surface area contributed by atoms with E-state index >= 15 is 0 Å². The van der Waals surface area contributed by atoms with Crippen LogP contribution in [0.25, 0.3) is 0 Å². The Morgan fingerprint density at radius 1 is 1.24 bits per heavy atom. The van der Waals surface area contributed by atoms with Crippen LogP contribution in [0.15, 0.2) is 29.4 Å². The third-order valence-corrected chi connectivity index (χ3v) is 3.27. The van der Waals surface area contributed by atoms with Gasteiger partial charge in [0, 0.05) is 18.5 Å². The minimum Gasteiger partial charge on any atom is -0.448 e. The first-order valence-corrected chi connectivity index (χ1v) is 7.21. The van der Waals surface area contributed by atoms with Crippen molar-refractivity contribution in [2.24, 2.45) is 5.10 Å². The van der Waals surface area contributed by atoms with E-state index in [1.807, 2.05) is 0 Å². The lowest BCUT2D eigenvalue weighted by molar-refractivity contribution is -0.146. The zero-order valence-corrected chi connectivity index (χ0v) is 13.0. The molecule has 25 heavy (non-hydrogen) atoms. The minimum absolute atomic E-state index is 0.0196. The first-order chi connectivity index (χ1) is 11.7. The summed E-state index contributed by atoms with van der Waals surface area (Å²) in [6, 6.07) is 3.84. The van der Waals surface area contributed by atoms with Crippen LogP contribution in [0, 0.1) is 0 Å². The van der Waals surface area contributed by atoms with Crippen molar-refractivity contribution in [3.8, 4) is 0 Å². The van der Waals surface area contributed by atoms with Gasteiger partial charge < -0.3 is 10.1 Å². The summed E-state index contributed by atoms with van der Waals surface area (Å²) in [6.45, 7) is 1.30. The molecular formula is C15H14F3N3O4. The van der Waals surface area contributed by atoms with Gasteiger partial charge in [-0.2, -0.15) is 18.3 Å². The Kier molecular flexibility index (Phi) is 5.40. The monoisotopic (exact) mass is 357 g/mol. The van der Waals surface area contributed by atoms with Gasteiger partial charge in [0.05, 0.1) is 5.56 Å². The second kappa shape index (κ2) is 7.32. The van der Waals surface area contributed by atoms with Crippen molar-refractivity contribution in [2.45, 2.75) is 32.0 Å². The van der Waals surface area contributed by atoms with E-state index in [4.69, 9.17) is 4.74 Å². The van der Waals surface area contributed by atoms with Crippen molar-refractivity contribution in [1.29, 1.82) is 0 Å². The van der Waals surface area contributed by atoms with E-state index < -0.39 is 29.7 Å². The predicted molar refractivity (Wildman–Crippen MR) is 80.4 cm³/mol. The summed E-state index contributed by atoms with van der Waals surface area (Å²) in [5.74, 6) is -1.90. The number of alkyl halides is 3.